The highest BCUT2D eigenvalue weighted by molar-refractivity contribution is 9.10. The van der Waals surface area contributed by atoms with Crippen molar-refractivity contribution in [2.24, 2.45) is 0 Å². The molecule has 0 N–H and O–H groups in total. The number of hydrogen-bond donors (Lipinski definition) is 0. The molecule has 0 saturated heterocycles. The second-order valence-electron chi connectivity index (χ2n) is 10.4. The molecule has 0 amide bonds. The Labute approximate surface area is 245 Å². The molecule has 3 aromatic carbocycles. The van der Waals surface area contributed by atoms with Crippen LogP contribution in [0.2, 0.25) is 0 Å². The number of fused-ring (bicyclic) bond motifs is 3. The van der Waals surface area contributed by atoms with Gasteiger partial charge in [0.05, 0.1) is 28.8 Å². The van der Waals surface area contributed by atoms with Gasteiger partial charge in [0, 0.05) is 24.1 Å². The van der Waals surface area contributed by atoms with Crippen molar-refractivity contribution in [3.8, 4) is 5.69 Å². The third kappa shape index (κ3) is 6.19. The summed E-state index contributed by atoms with van der Waals surface area (Å²) in [4.78, 5) is 5.34. The highest BCUT2D eigenvalue weighted by Crippen LogP contribution is 2.38. The number of imidazole rings is 2. The van der Waals surface area contributed by atoms with Crippen LogP contribution in [-0.4, -0.2) is 31.6 Å². The summed E-state index contributed by atoms with van der Waals surface area (Å²) >= 11 is 3.57. The zero-order valence-electron chi connectivity index (χ0n) is 22.6. The van der Waals surface area contributed by atoms with Gasteiger partial charge in [0.2, 0.25) is 5.78 Å². The molecule has 5 aromatic rings. The third-order valence-corrected chi connectivity index (χ3v) is 7.71. The Morgan fingerprint density at radius 3 is 2.14 bits per heavy atom. The summed E-state index contributed by atoms with van der Waals surface area (Å²) in [6.07, 6.45) is -10.6. The molecule has 0 unspecified atom stereocenters. The first-order chi connectivity index (χ1) is 19.7. The van der Waals surface area contributed by atoms with E-state index in [2.05, 4.69) is 20.9 Å². The van der Waals surface area contributed by atoms with Crippen LogP contribution >= 0.6 is 15.9 Å². The second kappa shape index (κ2) is 11.4. The van der Waals surface area contributed by atoms with Crippen LogP contribution in [-0.2, 0) is 19.3 Å². The number of nitrogens with zero attached hydrogens (tertiary/aromatic N) is 4. The zero-order chi connectivity index (χ0) is 30.4. The first-order valence-corrected chi connectivity index (χ1v) is 13.9. The van der Waals surface area contributed by atoms with Crippen molar-refractivity contribution in [3.63, 3.8) is 0 Å². The molecule has 12 heteroatoms. The fourth-order valence-corrected chi connectivity index (χ4v) is 5.60. The van der Waals surface area contributed by atoms with Gasteiger partial charge in [0.25, 0.3) is 0 Å². The van der Waals surface area contributed by atoms with Crippen LogP contribution in [0, 0.1) is 5.82 Å². The van der Waals surface area contributed by atoms with Crippen LogP contribution in [0.25, 0.3) is 22.5 Å². The van der Waals surface area contributed by atoms with E-state index in [1.807, 2.05) is 26.0 Å². The number of benzene rings is 3. The smallest absolute Gasteiger partial charge is 0.293 e. The number of aromatic nitrogens is 3. The maximum absolute atomic E-state index is 14.5. The Hall–Kier alpha value is -3.38. The van der Waals surface area contributed by atoms with E-state index in [1.165, 1.54) is 21.4 Å². The number of rotatable bonds is 8. The third-order valence-electron chi connectivity index (χ3n) is 7.07. The van der Waals surface area contributed by atoms with E-state index >= 15 is 0 Å². The molecule has 0 fully saturated rings. The van der Waals surface area contributed by atoms with Gasteiger partial charge in [0.1, 0.15) is 5.82 Å². The predicted octanol–water partition coefficient (Wildman–Crippen LogP) is 9.28. The molecular weight excluding hydrogens is 629 g/mol. The fourth-order valence-electron chi connectivity index (χ4n) is 5.03. The van der Waals surface area contributed by atoms with E-state index in [0.29, 0.717) is 26.8 Å². The fraction of sp³-hybridized carbons (Fsp3) is 0.300. The topological polar surface area (TPSA) is 25.5 Å². The lowest BCUT2D eigenvalue weighted by Gasteiger charge is -2.24. The minimum atomic E-state index is -4.88. The quantitative estimate of drug-likeness (QED) is 0.156. The molecule has 0 atom stereocenters. The van der Waals surface area contributed by atoms with Gasteiger partial charge in [-0.05, 0) is 69.4 Å². The Morgan fingerprint density at radius 1 is 0.881 bits per heavy atom. The predicted molar refractivity (Wildman–Crippen MR) is 150 cm³/mol. The lowest BCUT2D eigenvalue weighted by Crippen LogP contribution is -2.29. The molecule has 0 radical (unpaired) electrons. The van der Waals surface area contributed by atoms with Crippen molar-refractivity contribution in [1.29, 1.82) is 0 Å². The molecule has 0 saturated carbocycles. The zero-order valence-corrected chi connectivity index (χ0v) is 24.2. The average Bonchev–Trinajstić information content (AvgIpc) is 3.43. The SMILES string of the molecule is CC(C)c1ccc(-n2c3ccccc3n3c(CN(CCC(F)(F)F)Cc4ccc(F)cc4)c(C(F)(F)F)nc23)c(Br)c1. The summed E-state index contributed by atoms with van der Waals surface area (Å²) in [6.45, 7) is 2.88. The van der Waals surface area contributed by atoms with Crippen LogP contribution in [0.4, 0.5) is 30.7 Å². The van der Waals surface area contributed by atoms with E-state index in [1.54, 1.807) is 34.9 Å². The Morgan fingerprint density at radius 2 is 1.55 bits per heavy atom. The number of alkyl halides is 6. The van der Waals surface area contributed by atoms with E-state index < -0.39 is 43.4 Å². The standard InChI is InChI=1S/C30H26BrF7N4/c1-18(2)20-9-12-23(22(31)15-20)41-24-5-3-4-6-25(24)42-26(27(30(36,37)38)39-28(41)42)17-40(14-13-29(33,34)35)16-19-7-10-21(32)11-8-19/h3-12,15,18H,13-14,16-17H2,1-2H3. The normalized spacial score (nSPS) is 12.9. The molecule has 0 aliphatic heterocycles. The summed E-state index contributed by atoms with van der Waals surface area (Å²) in [7, 11) is 0. The summed E-state index contributed by atoms with van der Waals surface area (Å²) in [5.74, 6) is -0.331. The maximum Gasteiger partial charge on any atom is 0.435 e. The van der Waals surface area contributed by atoms with Crippen LogP contribution in [0.1, 0.15) is 48.7 Å². The van der Waals surface area contributed by atoms with Gasteiger partial charge in [0.15, 0.2) is 5.69 Å². The van der Waals surface area contributed by atoms with E-state index in [9.17, 15) is 30.7 Å². The van der Waals surface area contributed by atoms with Crippen molar-refractivity contribution < 1.29 is 30.7 Å². The first-order valence-electron chi connectivity index (χ1n) is 13.1. The minimum absolute atomic E-state index is 0.0194. The largest absolute Gasteiger partial charge is 0.435 e. The number of para-hydroxylation sites is 2. The Balaban J connectivity index is 1.70. The van der Waals surface area contributed by atoms with Gasteiger partial charge >= 0.3 is 12.4 Å². The molecule has 222 valence electrons. The summed E-state index contributed by atoms with van der Waals surface area (Å²) in [6, 6.07) is 17.6. The molecule has 42 heavy (non-hydrogen) atoms. The van der Waals surface area contributed by atoms with E-state index in [0.717, 1.165) is 17.7 Å². The highest BCUT2D eigenvalue weighted by Gasteiger charge is 2.40. The van der Waals surface area contributed by atoms with Crippen LogP contribution in [0.15, 0.2) is 71.2 Å². The highest BCUT2D eigenvalue weighted by atomic mass is 79.9. The van der Waals surface area contributed by atoms with Gasteiger partial charge in [-0.1, -0.05) is 44.2 Å². The average molecular weight is 655 g/mol. The molecule has 0 aliphatic rings. The molecular formula is C30H26BrF7N4. The number of halogens is 8. The van der Waals surface area contributed by atoms with Crippen LogP contribution in [0.5, 0.6) is 0 Å². The monoisotopic (exact) mass is 654 g/mol. The van der Waals surface area contributed by atoms with Gasteiger partial charge in [-0.2, -0.15) is 26.3 Å². The molecule has 0 aliphatic carbocycles. The molecule has 2 heterocycles. The molecule has 2 aromatic heterocycles. The van der Waals surface area contributed by atoms with Crippen LogP contribution in [0.3, 0.4) is 0 Å². The van der Waals surface area contributed by atoms with Crippen molar-refractivity contribution in [3.05, 3.63) is 99.5 Å². The van der Waals surface area contributed by atoms with Crippen LogP contribution < -0.4 is 0 Å². The minimum Gasteiger partial charge on any atom is -0.293 e. The summed E-state index contributed by atoms with van der Waals surface area (Å²) in [5.41, 5.74) is 1.59. The van der Waals surface area contributed by atoms with E-state index in [4.69, 9.17) is 0 Å². The summed E-state index contributed by atoms with van der Waals surface area (Å²) < 4.78 is 100. The van der Waals surface area contributed by atoms with Crippen molar-refractivity contribution in [1.82, 2.24) is 18.9 Å². The van der Waals surface area contributed by atoms with Crippen molar-refractivity contribution >= 4 is 32.7 Å². The molecule has 0 spiro atoms. The Kier molecular flexibility index (Phi) is 8.14. The first kappa shape index (κ1) is 30.1. The molecule has 4 nitrogen and oxygen atoms in total. The van der Waals surface area contributed by atoms with Gasteiger partial charge in [-0.3, -0.25) is 13.9 Å². The lowest BCUT2D eigenvalue weighted by molar-refractivity contribution is -0.143. The molecule has 5 rings (SSSR count). The second-order valence-corrected chi connectivity index (χ2v) is 11.3. The van der Waals surface area contributed by atoms with Gasteiger partial charge in [-0.25, -0.2) is 9.37 Å². The van der Waals surface area contributed by atoms with Crippen molar-refractivity contribution in [2.45, 2.75) is 51.6 Å². The summed E-state index contributed by atoms with van der Waals surface area (Å²) in [5, 5.41) is 0. The van der Waals surface area contributed by atoms with E-state index in [-0.39, 0.29) is 23.9 Å². The van der Waals surface area contributed by atoms with Gasteiger partial charge < -0.3 is 0 Å². The Bertz CT molecular complexity index is 1720. The maximum atomic E-state index is 14.5. The molecule has 0 bridgehead atoms. The number of hydrogen-bond acceptors (Lipinski definition) is 2. The van der Waals surface area contributed by atoms with Gasteiger partial charge in [-0.15, -0.1) is 0 Å². The van der Waals surface area contributed by atoms with Crippen molar-refractivity contribution in [2.75, 3.05) is 6.54 Å². The lowest BCUT2D eigenvalue weighted by atomic mass is 10.0.